The Labute approximate surface area is 203 Å². The van der Waals surface area contributed by atoms with Gasteiger partial charge in [0.25, 0.3) is 0 Å². The van der Waals surface area contributed by atoms with Crippen LogP contribution >= 0.6 is 11.3 Å². The Bertz CT molecular complexity index is 1340. The summed E-state index contributed by atoms with van der Waals surface area (Å²) >= 11 is 1.48. The van der Waals surface area contributed by atoms with Crippen molar-refractivity contribution in [2.45, 2.75) is 24.2 Å². The first kappa shape index (κ1) is 22.9. The lowest BCUT2D eigenvalue weighted by Crippen LogP contribution is -2.38. The summed E-state index contributed by atoms with van der Waals surface area (Å²) in [4.78, 5) is 4.95. The van der Waals surface area contributed by atoms with Crippen LogP contribution in [0, 0.1) is 11.7 Å². The van der Waals surface area contributed by atoms with Crippen LogP contribution in [0.1, 0.15) is 18.4 Å². The van der Waals surface area contributed by atoms with E-state index in [1.807, 2.05) is 23.6 Å². The maximum absolute atomic E-state index is 13.2. The number of rotatable bonds is 6. The molecule has 1 aromatic heterocycles. The lowest BCUT2D eigenvalue weighted by molar-refractivity contribution is 0.273. The van der Waals surface area contributed by atoms with Crippen molar-refractivity contribution in [2.75, 3.05) is 13.1 Å². The number of thiazole rings is 1. The second kappa shape index (κ2) is 9.78. The molecule has 4 nitrogen and oxygen atoms in total. The number of hydrogen-bond donors (Lipinski definition) is 0. The number of piperidine rings is 1. The zero-order chi connectivity index (χ0) is 23.5. The molecule has 5 rings (SSSR count). The van der Waals surface area contributed by atoms with Crippen LogP contribution < -0.4 is 0 Å². The molecule has 0 aliphatic carbocycles. The van der Waals surface area contributed by atoms with Gasteiger partial charge in [0, 0.05) is 29.6 Å². The topological polar surface area (TPSA) is 50.3 Å². The number of nitrogens with zero attached hydrogens (tertiary/aromatic N) is 2. The summed E-state index contributed by atoms with van der Waals surface area (Å²) in [7, 11) is -3.52. The number of sulfonamides is 1. The highest BCUT2D eigenvalue weighted by molar-refractivity contribution is 7.89. The van der Waals surface area contributed by atoms with Crippen LogP contribution in [-0.4, -0.2) is 30.8 Å². The van der Waals surface area contributed by atoms with Crippen LogP contribution in [-0.2, 0) is 16.4 Å². The van der Waals surface area contributed by atoms with E-state index in [-0.39, 0.29) is 5.82 Å². The summed E-state index contributed by atoms with van der Waals surface area (Å²) in [5, 5.41) is 2.73. The maximum atomic E-state index is 13.2. The minimum absolute atomic E-state index is 0.280. The molecule has 2 heterocycles. The van der Waals surface area contributed by atoms with Crippen molar-refractivity contribution in [1.29, 1.82) is 0 Å². The van der Waals surface area contributed by atoms with Gasteiger partial charge in [0.05, 0.1) is 10.6 Å². The first-order valence-corrected chi connectivity index (χ1v) is 13.7. The second-order valence-corrected chi connectivity index (χ2v) is 11.4. The Morgan fingerprint density at radius 1 is 0.882 bits per heavy atom. The Morgan fingerprint density at radius 3 is 2.21 bits per heavy atom. The molecule has 0 saturated carbocycles. The molecule has 0 amide bonds. The Kier molecular flexibility index (Phi) is 6.59. The number of aromatic nitrogens is 1. The maximum Gasteiger partial charge on any atom is 0.243 e. The van der Waals surface area contributed by atoms with E-state index in [1.165, 1.54) is 29.0 Å². The first-order valence-electron chi connectivity index (χ1n) is 11.3. The van der Waals surface area contributed by atoms with Crippen molar-refractivity contribution >= 4 is 21.4 Å². The summed E-state index contributed by atoms with van der Waals surface area (Å²) < 4.78 is 41.2. The minimum atomic E-state index is -3.52. The van der Waals surface area contributed by atoms with Gasteiger partial charge in [-0.05, 0) is 67.1 Å². The van der Waals surface area contributed by atoms with E-state index in [0.29, 0.717) is 23.9 Å². The molecule has 174 valence electrons. The van der Waals surface area contributed by atoms with E-state index in [4.69, 9.17) is 0 Å². The molecule has 7 heteroatoms. The van der Waals surface area contributed by atoms with Crippen molar-refractivity contribution in [3.63, 3.8) is 0 Å². The summed E-state index contributed by atoms with van der Waals surface area (Å²) in [6, 6.07) is 23.6. The Balaban J connectivity index is 1.25. The molecule has 1 aliphatic heterocycles. The second-order valence-electron chi connectivity index (χ2n) is 8.61. The van der Waals surface area contributed by atoms with Crippen molar-refractivity contribution in [3.05, 3.63) is 95.6 Å². The van der Waals surface area contributed by atoms with E-state index in [1.54, 1.807) is 40.7 Å². The van der Waals surface area contributed by atoms with Crippen molar-refractivity contribution in [3.8, 4) is 21.8 Å². The molecule has 34 heavy (non-hydrogen) atoms. The third kappa shape index (κ3) is 4.97. The van der Waals surface area contributed by atoms with E-state index in [9.17, 15) is 12.8 Å². The van der Waals surface area contributed by atoms with Gasteiger partial charge in [-0.3, -0.25) is 0 Å². The summed E-state index contributed by atoms with van der Waals surface area (Å²) in [5.41, 5.74) is 3.79. The van der Waals surface area contributed by atoms with E-state index < -0.39 is 10.0 Å². The normalized spacial score (nSPS) is 15.4. The van der Waals surface area contributed by atoms with Gasteiger partial charge in [-0.15, -0.1) is 11.3 Å². The highest BCUT2D eigenvalue weighted by Crippen LogP contribution is 2.31. The van der Waals surface area contributed by atoms with Crippen molar-refractivity contribution in [2.24, 2.45) is 5.92 Å². The van der Waals surface area contributed by atoms with Gasteiger partial charge in [0.15, 0.2) is 0 Å². The number of hydrogen-bond acceptors (Lipinski definition) is 4. The molecule has 4 aromatic rings. The van der Waals surface area contributed by atoms with Crippen LogP contribution in [0.15, 0.2) is 89.1 Å². The van der Waals surface area contributed by atoms with Crippen LogP contribution in [0.2, 0.25) is 0 Å². The molecule has 0 bridgehead atoms. The van der Waals surface area contributed by atoms with Gasteiger partial charge in [-0.25, -0.2) is 17.8 Å². The molecular formula is C27H25FN2O2S2. The fraction of sp³-hybridized carbons (Fsp3) is 0.222. The van der Waals surface area contributed by atoms with Gasteiger partial charge >= 0.3 is 0 Å². The van der Waals surface area contributed by atoms with E-state index in [0.717, 1.165) is 41.1 Å². The molecule has 1 saturated heterocycles. The monoisotopic (exact) mass is 492 g/mol. The Hall–Kier alpha value is -2.87. The van der Waals surface area contributed by atoms with Crippen LogP contribution in [0.5, 0.6) is 0 Å². The largest absolute Gasteiger partial charge is 0.243 e. The zero-order valence-electron chi connectivity index (χ0n) is 18.6. The smallest absolute Gasteiger partial charge is 0.236 e. The summed E-state index contributed by atoms with van der Waals surface area (Å²) in [6.07, 6.45) is 2.74. The SMILES string of the molecule is O=S(=O)(c1ccc(-c2csc(-c3ccc(F)cc3)n2)cc1)N1CCC(Cc2ccccc2)CC1. The molecule has 1 aliphatic rings. The van der Waals surface area contributed by atoms with E-state index in [2.05, 4.69) is 17.1 Å². The molecule has 0 atom stereocenters. The molecule has 0 spiro atoms. The van der Waals surface area contributed by atoms with E-state index >= 15 is 0 Å². The predicted octanol–water partition coefficient (Wildman–Crippen LogP) is 6.26. The van der Waals surface area contributed by atoms with Crippen LogP contribution in [0.25, 0.3) is 21.8 Å². The fourth-order valence-corrected chi connectivity index (χ4v) is 6.68. The molecule has 3 aromatic carbocycles. The standard InChI is InChI=1S/C27H25FN2O2S2/c28-24-10-6-23(7-11-24)27-29-26(19-33-27)22-8-12-25(13-9-22)34(31,32)30-16-14-21(15-17-30)18-20-4-2-1-3-5-20/h1-13,19,21H,14-18H2. The average Bonchev–Trinajstić information content (AvgIpc) is 3.36. The summed E-state index contributed by atoms with van der Waals surface area (Å²) in [6.45, 7) is 1.10. The van der Waals surface area contributed by atoms with Crippen LogP contribution in [0.3, 0.4) is 0 Å². The number of halogens is 1. The minimum Gasteiger partial charge on any atom is -0.236 e. The quantitative estimate of drug-likeness (QED) is 0.319. The highest BCUT2D eigenvalue weighted by Gasteiger charge is 2.29. The average molecular weight is 493 g/mol. The molecule has 0 N–H and O–H groups in total. The number of benzene rings is 3. The molecule has 0 unspecified atom stereocenters. The van der Waals surface area contributed by atoms with Gasteiger partial charge in [-0.2, -0.15) is 4.31 Å². The van der Waals surface area contributed by atoms with Crippen LogP contribution in [0.4, 0.5) is 4.39 Å². The molecular weight excluding hydrogens is 467 g/mol. The van der Waals surface area contributed by atoms with Crippen molar-refractivity contribution < 1.29 is 12.8 Å². The molecule has 0 radical (unpaired) electrons. The predicted molar refractivity (Wildman–Crippen MR) is 135 cm³/mol. The zero-order valence-corrected chi connectivity index (χ0v) is 20.2. The highest BCUT2D eigenvalue weighted by atomic mass is 32.2. The van der Waals surface area contributed by atoms with Gasteiger partial charge in [-0.1, -0.05) is 42.5 Å². The van der Waals surface area contributed by atoms with Gasteiger partial charge in [0.1, 0.15) is 10.8 Å². The fourth-order valence-electron chi connectivity index (χ4n) is 4.38. The molecule has 1 fully saturated rings. The Morgan fingerprint density at radius 2 is 1.53 bits per heavy atom. The lowest BCUT2D eigenvalue weighted by atomic mass is 9.91. The van der Waals surface area contributed by atoms with Gasteiger partial charge in [0.2, 0.25) is 10.0 Å². The first-order chi connectivity index (χ1) is 16.5. The third-order valence-corrected chi connectivity index (χ3v) is 9.13. The van der Waals surface area contributed by atoms with Crippen molar-refractivity contribution in [1.82, 2.24) is 9.29 Å². The lowest BCUT2D eigenvalue weighted by Gasteiger charge is -2.31. The summed E-state index contributed by atoms with van der Waals surface area (Å²) in [5.74, 6) is 0.231. The van der Waals surface area contributed by atoms with Gasteiger partial charge < -0.3 is 0 Å². The third-order valence-electron chi connectivity index (χ3n) is 6.32.